The molecule has 28 heavy (non-hydrogen) atoms. The number of rotatable bonds is 5. The lowest BCUT2D eigenvalue weighted by atomic mass is 10.2. The van der Waals surface area contributed by atoms with E-state index in [1.54, 1.807) is 30.6 Å². The number of nitrogens with zero attached hydrogens (tertiary/aromatic N) is 2. The number of benzene rings is 1. The molecule has 8 nitrogen and oxygen atoms in total. The average molecular weight is 388 g/mol. The number of H-pyrrole nitrogens is 1. The van der Waals surface area contributed by atoms with E-state index in [4.69, 9.17) is 9.47 Å². The Morgan fingerprint density at radius 1 is 1.29 bits per heavy atom. The SMILES string of the molecule is O=C(NC[C@H]1CN(c2ccc(N3CCOCC3)c(F)c2)C(=O)O1)c1cc[nH]c1. The Hall–Kier alpha value is -3.07. The van der Waals surface area contributed by atoms with Gasteiger partial charge in [-0.15, -0.1) is 0 Å². The van der Waals surface area contributed by atoms with Crippen molar-refractivity contribution in [2.45, 2.75) is 6.10 Å². The Morgan fingerprint density at radius 3 is 2.82 bits per heavy atom. The van der Waals surface area contributed by atoms with E-state index in [1.807, 2.05) is 4.90 Å². The number of carbonyl (C=O) groups is 2. The predicted molar refractivity (Wildman–Crippen MR) is 100 cm³/mol. The first-order valence-electron chi connectivity index (χ1n) is 9.13. The smallest absolute Gasteiger partial charge is 0.414 e. The Labute approximate surface area is 161 Å². The van der Waals surface area contributed by atoms with Crippen LogP contribution in [0.3, 0.4) is 0 Å². The summed E-state index contributed by atoms with van der Waals surface area (Å²) >= 11 is 0. The summed E-state index contributed by atoms with van der Waals surface area (Å²) in [4.78, 5) is 30.3. The maximum atomic E-state index is 14.6. The van der Waals surface area contributed by atoms with Gasteiger partial charge in [0.1, 0.15) is 11.9 Å². The van der Waals surface area contributed by atoms with E-state index in [9.17, 15) is 14.0 Å². The van der Waals surface area contributed by atoms with Gasteiger partial charge in [0.05, 0.1) is 43.2 Å². The second-order valence-electron chi connectivity index (χ2n) is 6.66. The number of carbonyl (C=O) groups excluding carboxylic acids is 2. The third-order valence-electron chi connectivity index (χ3n) is 4.82. The maximum absolute atomic E-state index is 14.6. The van der Waals surface area contributed by atoms with Gasteiger partial charge in [0.2, 0.25) is 0 Å². The number of aromatic nitrogens is 1. The minimum Gasteiger partial charge on any atom is -0.442 e. The van der Waals surface area contributed by atoms with Gasteiger partial charge < -0.3 is 24.7 Å². The molecule has 0 saturated carbocycles. The number of hydrogen-bond donors (Lipinski definition) is 2. The molecule has 1 atom stereocenters. The van der Waals surface area contributed by atoms with Gasteiger partial charge >= 0.3 is 6.09 Å². The summed E-state index contributed by atoms with van der Waals surface area (Å²) in [5.74, 6) is -0.645. The van der Waals surface area contributed by atoms with Crippen molar-refractivity contribution in [1.82, 2.24) is 10.3 Å². The first-order chi connectivity index (χ1) is 13.6. The van der Waals surface area contributed by atoms with Crippen molar-refractivity contribution in [2.24, 2.45) is 0 Å². The van der Waals surface area contributed by atoms with Gasteiger partial charge in [0.15, 0.2) is 0 Å². The molecule has 148 valence electrons. The van der Waals surface area contributed by atoms with Crippen molar-refractivity contribution in [2.75, 3.05) is 49.2 Å². The number of hydrogen-bond acceptors (Lipinski definition) is 5. The summed E-state index contributed by atoms with van der Waals surface area (Å²) in [5.41, 5.74) is 1.43. The van der Waals surface area contributed by atoms with E-state index in [-0.39, 0.29) is 19.0 Å². The summed E-state index contributed by atoms with van der Waals surface area (Å²) in [6.07, 6.45) is 2.18. The highest BCUT2D eigenvalue weighted by Crippen LogP contribution is 2.28. The van der Waals surface area contributed by atoms with Crippen molar-refractivity contribution < 1.29 is 23.5 Å². The van der Waals surface area contributed by atoms with Crippen LogP contribution >= 0.6 is 0 Å². The summed E-state index contributed by atoms with van der Waals surface area (Å²) in [6, 6.07) is 6.37. The third-order valence-corrected chi connectivity index (χ3v) is 4.82. The van der Waals surface area contributed by atoms with Gasteiger partial charge in [-0.1, -0.05) is 0 Å². The molecule has 3 heterocycles. The van der Waals surface area contributed by atoms with Gasteiger partial charge in [0, 0.05) is 25.5 Å². The number of anilines is 2. The van der Waals surface area contributed by atoms with Crippen molar-refractivity contribution in [1.29, 1.82) is 0 Å². The molecule has 0 radical (unpaired) electrons. The number of aromatic amines is 1. The van der Waals surface area contributed by atoms with Crippen LogP contribution in [0.4, 0.5) is 20.6 Å². The van der Waals surface area contributed by atoms with Crippen molar-refractivity contribution in [3.63, 3.8) is 0 Å². The quantitative estimate of drug-likeness (QED) is 0.815. The van der Waals surface area contributed by atoms with Crippen LogP contribution in [0.1, 0.15) is 10.4 Å². The van der Waals surface area contributed by atoms with Crippen LogP contribution in [0.2, 0.25) is 0 Å². The zero-order valence-electron chi connectivity index (χ0n) is 15.2. The molecule has 4 rings (SSSR count). The van der Waals surface area contributed by atoms with Gasteiger partial charge in [-0.2, -0.15) is 0 Å². The minimum atomic E-state index is -0.556. The Balaban J connectivity index is 1.38. The Morgan fingerprint density at radius 2 is 2.11 bits per heavy atom. The van der Waals surface area contributed by atoms with Gasteiger partial charge in [-0.05, 0) is 24.3 Å². The van der Waals surface area contributed by atoms with Gasteiger partial charge in [0.25, 0.3) is 5.91 Å². The molecule has 2 amide bonds. The van der Waals surface area contributed by atoms with Crippen molar-refractivity contribution in [3.8, 4) is 0 Å². The molecule has 2 aliphatic rings. The van der Waals surface area contributed by atoms with Crippen LogP contribution in [0.15, 0.2) is 36.7 Å². The number of halogens is 1. The fourth-order valence-electron chi connectivity index (χ4n) is 3.34. The van der Waals surface area contributed by atoms with E-state index in [1.165, 1.54) is 11.0 Å². The summed E-state index contributed by atoms with van der Waals surface area (Å²) in [5, 5.41) is 2.73. The molecule has 0 unspecified atom stereocenters. The second kappa shape index (κ2) is 7.89. The summed E-state index contributed by atoms with van der Waals surface area (Å²) in [6.45, 7) is 2.81. The van der Waals surface area contributed by atoms with Gasteiger partial charge in [-0.3, -0.25) is 9.69 Å². The summed E-state index contributed by atoms with van der Waals surface area (Å²) < 4.78 is 25.2. The van der Waals surface area contributed by atoms with Crippen LogP contribution in [-0.4, -0.2) is 62.5 Å². The molecule has 0 bridgehead atoms. The Bertz CT molecular complexity index is 852. The molecule has 2 aliphatic heterocycles. The molecule has 1 aromatic carbocycles. The molecule has 9 heteroatoms. The van der Waals surface area contributed by atoms with Gasteiger partial charge in [-0.25, -0.2) is 9.18 Å². The number of amides is 2. The number of morpholine rings is 1. The van der Waals surface area contributed by atoms with Crippen LogP contribution in [0, 0.1) is 5.82 Å². The third kappa shape index (κ3) is 3.79. The van der Waals surface area contributed by atoms with E-state index in [0.29, 0.717) is 43.2 Å². The van der Waals surface area contributed by atoms with Crippen molar-refractivity contribution in [3.05, 3.63) is 48.0 Å². The lowest BCUT2D eigenvalue weighted by Crippen LogP contribution is -2.37. The van der Waals surface area contributed by atoms with E-state index < -0.39 is 18.0 Å². The highest BCUT2D eigenvalue weighted by molar-refractivity contribution is 5.94. The predicted octanol–water partition coefficient (Wildman–Crippen LogP) is 1.75. The normalized spacial score (nSPS) is 19.6. The largest absolute Gasteiger partial charge is 0.442 e. The number of cyclic esters (lactones) is 1. The zero-order valence-corrected chi connectivity index (χ0v) is 15.2. The lowest BCUT2D eigenvalue weighted by Gasteiger charge is -2.29. The topological polar surface area (TPSA) is 86.9 Å². The molecular weight excluding hydrogens is 367 g/mol. The molecule has 2 saturated heterocycles. The molecular formula is C19H21FN4O4. The van der Waals surface area contributed by atoms with Crippen LogP contribution in [0.25, 0.3) is 0 Å². The average Bonchev–Trinajstić information content (AvgIpc) is 3.37. The highest BCUT2D eigenvalue weighted by atomic mass is 19.1. The zero-order chi connectivity index (χ0) is 19.5. The van der Waals surface area contributed by atoms with E-state index in [2.05, 4.69) is 10.3 Å². The van der Waals surface area contributed by atoms with E-state index in [0.717, 1.165) is 0 Å². The lowest BCUT2D eigenvalue weighted by molar-refractivity contribution is 0.0916. The van der Waals surface area contributed by atoms with Crippen LogP contribution in [0.5, 0.6) is 0 Å². The minimum absolute atomic E-state index is 0.181. The summed E-state index contributed by atoms with van der Waals surface area (Å²) in [7, 11) is 0. The standard InChI is InChI=1S/C19H21FN4O4/c20-16-9-14(1-2-17(16)23-5-7-27-8-6-23)24-12-15(28-19(24)26)11-22-18(25)13-3-4-21-10-13/h1-4,9-10,15,21H,5-8,11-12H2,(H,22,25)/t15-/m0/s1. The molecule has 1 aromatic heterocycles. The molecule has 2 aromatic rings. The highest BCUT2D eigenvalue weighted by Gasteiger charge is 2.33. The molecule has 0 spiro atoms. The first kappa shape index (κ1) is 18.3. The van der Waals surface area contributed by atoms with Crippen LogP contribution in [-0.2, 0) is 9.47 Å². The fourth-order valence-corrected chi connectivity index (χ4v) is 3.34. The maximum Gasteiger partial charge on any atom is 0.414 e. The van der Waals surface area contributed by atoms with Crippen LogP contribution < -0.4 is 15.1 Å². The monoisotopic (exact) mass is 388 g/mol. The molecule has 2 fully saturated rings. The first-order valence-corrected chi connectivity index (χ1v) is 9.13. The second-order valence-corrected chi connectivity index (χ2v) is 6.66. The van der Waals surface area contributed by atoms with E-state index >= 15 is 0 Å². The molecule has 0 aliphatic carbocycles. The fraction of sp³-hybridized carbons (Fsp3) is 0.368. The Kier molecular flexibility index (Phi) is 5.16. The van der Waals surface area contributed by atoms with Crippen molar-refractivity contribution >= 4 is 23.4 Å². The molecule has 2 N–H and O–H groups in total. The number of nitrogens with one attached hydrogen (secondary N) is 2. The number of ether oxygens (including phenoxy) is 2.